The van der Waals surface area contributed by atoms with E-state index in [0.29, 0.717) is 10.6 Å². The maximum absolute atomic E-state index is 12.8. The molecule has 3 aromatic rings. The molecule has 1 aromatic heterocycles. The van der Waals surface area contributed by atoms with Gasteiger partial charge in [0.05, 0.1) is 11.1 Å². The molecule has 2 atom stereocenters. The highest BCUT2D eigenvalue weighted by Crippen LogP contribution is 2.42. The lowest BCUT2D eigenvalue weighted by Crippen LogP contribution is -2.40. The third kappa shape index (κ3) is 3.13. The van der Waals surface area contributed by atoms with Gasteiger partial charge in [-0.25, -0.2) is 0 Å². The molecular formula is C21H20ClNO5. The molecule has 3 N–H and O–H groups in total. The Hall–Kier alpha value is -2.54. The van der Waals surface area contributed by atoms with Gasteiger partial charge in [0, 0.05) is 39.8 Å². The third-order valence-corrected chi connectivity index (χ3v) is 5.42. The molecule has 0 saturated carbocycles. The fraction of sp³-hybridized carbons (Fsp3) is 0.286. The van der Waals surface area contributed by atoms with Gasteiger partial charge < -0.3 is 24.6 Å². The summed E-state index contributed by atoms with van der Waals surface area (Å²) in [5.74, 6) is -1.36. The van der Waals surface area contributed by atoms with Crippen molar-refractivity contribution in [3.05, 3.63) is 57.2 Å². The van der Waals surface area contributed by atoms with Gasteiger partial charge in [-0.15, -0.1) is 0 Å². The number of aromatic hydroxyl groups is 2. The SMILES string of the molecule is [2H]C([2H])([2H])N1CC[C@H](c2c(O)cc(O)c3c(=O)cc(-c4ccccc4Cl)oc23)[C@H](O)C1. The van der Waals surface area contributed by atoms with Crippen molar-refractivity contribution in [3.63, 3.8) is 0 Å². The number of hydrogen-bond donors (Lipinski definition) is 3. The molecule has 1 saturated heterocycles. The number of likely N-dealkylation sites (tertiary alicyclic amines) is 1. The predicted molar refractivity (Wildman–Crippen MR) is 107 cm³/mol. The molecule has 0 aliphatic carbocycles. The lowest BCUT2D eigenvalue weighted by molar-refractivity contribution is 0.0630. The molecule has 7 heteroatoms. The second-order valence-electron chi connectivity index (χ2n) is 6.90. The first kappa shape index (κ1) is 15.4. The predicted octanol–water partition coefficient (Wildman–Crippen LogP) is 3.30. The minimum atomic E-state index is -2.35. The highest BCUT2D eigenvalue weighted by Gasteiger charge is 2.33. The van der Waals surface area contributed by atoms with Crippen LogP contribution in [-0.4, -0.2) is 46.4 Å². The fourth-order valence-corrected chi connectivity index (χ4v) is 3.97. The number of aliphatic hydroxyl groups excluding tert-OH is 1. The van der Waals surface area contributed by atoms with E-state index >= 15 is 0 Å². The number of rotatable bonds is 2. The number of phenols is 2. The molecule has 2 heterocycles. The molecule has 0 bridgehead atoms. The first-order chi connectivity index (χ1) is 14.6. The van der Waals surface area contributed by atoms with Crippen molar-refractivity contribution in [2.24, 2.45) is 0 Å². The largest absolute Gasteiger partial charge is 0.507 e. The summed E-state index contributed by atoms with van der Waals surface area (Å²) in [6, 6.07) is 8.99. The summed E-state index contributed by atoms with van der Waals surface area (Å²) >= 11 is 6.24. The van der Waals surface area contributed by atoms with Gasteiger partial charge >= 0.3 is 0 Å². The van der Waals surface area contributed by atoms with Crippen molar-refractivity contribution >= 4 is 22.6 Å². The van der Waals surface area contributed by atoms with Crippen molar-refractivity contribution in [2.75, 3.05) is 20.1 Å². The summed E-state index contributed by atoms with van der Waals surface area (Å²) in [7, 11) is 0. The van der Waals surface area contributed by atoms with Gasteiger partial charge in [-0.05, 0) is 32.1 Å². The number of likely N-dealkylation sites (N-methyl/N-ethyl adjacent to an activating group) is 1. The Balaban J connectivity index is 1.90. The zero-order valence-electron chi connectivity index (χ0n) is 17.7. The molecule has 0 amide bonds. The maximum Gasteiger partial charge on any atom is 0.197 e. The molecule has 1 fully saturated rings. The quantitative estimate of drug-likeness (QED) is 0.606. The number of hydrogen-bond acceptors (Lipinski definition) is 6. The first-order valence-corrected chi connectivity index (χ1v) is 9.16. The van der Waals surface area contributed by atoms with E-state index in [0.717, 1.165) is 6.07 Å². The summed E-state index contributed by atoms with van der Waals surface area (Å²) in [6.45, 7) is -2.35. The summed E-state index contributed by atoms with van der Waals surface area (Å²) in [5.41, 5.74) is 0.00172. The Morgan fingerprint density at radius 3 is 2.75 bits per heavy atom. The van der Waals surface area contributed by atoms with E-state index in [1.54, 1.807) is 24.3 Å². The topological polar surface area (TPSA) is 94.1 Å². The third-order valence-electron chi connectivity index (χ3n) is 5.09. The Morgan fingerprint density at radius 2 is 2.04 bits per heavy atom. The summed E-state index contributed by atoms with van der Waals surface area (Å²) < 4.78 is 28.6. The van der Waals surface area contributed by atoms with Crippen LogP contribution in [-0.2, 0) is 0 Å². The summed E-state index contributed by atoms with van der Waals surface area (Å²) in [5, 5.41) is 31.8. The summed E-state index contributed by atoms with van der Waals surface area (Å²) in [4.78, 5) is 14.0. The molecule has 0 unspecified atom stereocenters. The number of halogens is 1. The molecule has 0 radical (unpaired) electrons. The molecule has 1 aliphatic rings. The van der Waals surface area contributed by atoms with Gasteiger partial charge in [-0.2, -0.15) is 0 Å². The van der Waals surface area contributed by atoms with E-state index in [-0.39, 0.29) is 47.6 Å². The molecular weight excluding hydrogens is 382 g/mol. The first-order valence-electron chi connectivity index (χ1n) is 10.3. The van der Waals surface area contributed by atoms with Gasteiger partial charge in [0.2, 0.25) is 0 Å². The number of nitrogens with zero attached hydrogens (tertiary/aromatic N) is 1. The van der Waals surface area contributed by atoms with Gasteiger partial charge in [-0.1, -0.05) is 23.7 Å². The van der Waals surface area contributed by atoms with E-state index in [1.165, 1.54) is 11.0 Å². The van der Waals surface area contributed by atoms with Crippen LogP contribution in [0.4, 0.5) is 0 Å². The van der Waals surface area contributed by atoms with Crippen LogP contribution in [0.15, 0.2) is 45.6 Å². The standard InChI is InChI=1S/C21H20ClNO5/c1-23-7-6-12(17(27)10-23)19-14(24)8-15(25)20-16(26)9-18(28-21(19)20)11-4-2-3-5-13(11)22/h2-5,8-9,12,17,24-25,27H,6-7,10H2,1H3/t12-,17+/m0/s1/i1D3. The van der Waals surface area contributed by atoms with Crippen molar-refractivity contribution in [2.45, 2.75) is 18.4 Å². The Labute approximate surface area is 170 Å². The van der Waals surface area contributed by atoms with Crippen LogP contribution in [0.1, 0.15) is 22.0 Å². The number of phenolic OH excluding ortho intramolecular Hbond substituents is 2. The molecule has 2 aromatic carbocycles. The normalized spacial score (nSPS) is 22.6. The molecule has 6 nitrogen and oxygen atoms in total. The van der Waals surface area contributed by atoms with E-state index in [9.17, 15) is 20.1 Å². The number of fused-ring (bicyclic) bond motifs is 1. The second kappa shape index (κ2) is 7.13. The highest BCUT2D eigenvalue weighted by molar-refractivity contribution is 6.33. The van der Waals surface area contributed by atoms with Gasteiger partial charge in [0.25, 0.3) is 0 Å². The monoisotopic (exact) mass is 404 g/mol. The minimum absolute atomic E-state index is 0.0636. The van der Waals surface area contributed by atoms with Crippen molar-refractivity contribution in [1.29, 1.82) is 0 Å². The highest BCUT2D eigenvalue weighted by atomic mass is 35.5. The lowest BCUT2D eigenvalue weighted by Gasteiger charge is -2.34. The number of aliphatic hydroxyl groups is 1. The Kier molecular flexibility index (Phi) is 3.92. The molecule has 0 spiro atoms. The molecule has 1 aliphatic heterocycles. The zero-order valence-corrected chi connectivity index (χ0v) is 15.5. The van der Waals surface area contributed by atoms with E-state index in [2.05, 4.69) is 0 Å². The molecule has 28 heavy (non-hydrogen) atoms. The summed E-state index contributed by atoms with van der Waals surface area (Å²) in [6.07, 6.45) is -0.936. The van der Waals surface area contributed by atoms with E-state index < -0.39 is 30.2 Å². The number of piperidine rings is 1. The van der Waals surface area contributed by atoms with Crippen LogP contribution in [0.5, 0.6) is 11.5 Å². The number of benzene rings is 2. The van der Waals surface area contributed by atoms with Crippen LogP contribution >= 0.6 is 11.6 Å². The maximum atomic E-state index is 12.8. The average Bonchev–Trinajstić information content (AvgIpc) is 2.68. The van der Waals surface area contributed by atoms with Crippen molar-refractivity contribution in [1.82, 2.24) is 4.90 Å². The molecule has 4 rings (SSSR count). The lowest BCUT2D eigenvalue weighted by atomic mass is 9.85. The Morgan fingerprint density at radius 1 is 1.25 bits per heavy atom. The van der Waals surface area contributed by atoms with Crippen LogP contribution < -0.4 is 5.43 Å². The van der Waals surface area contributed by atoms with Crippen molar-refractivity contribution < 1.29 is 23.8 Å². The van der Waals surface area contributed by atoms with Gasteiger partial charge in [-0.3, -0.25) is 4.79 Å². The van der Waals surface area contributed by atoms with Gasteiger partial charge in [0.1, 0.15) is 28.2 Å². The van der Waals surface area contributed by atoms with Crippen LogP contribution in [0.3, 0.4) is 0 Å². The molecule has 146 valence electrons. The second-order valence-corrected chi connectivity index (χ2v) is 7.30. The minimum Gasteiger partial charge on any atom is -0.507 e. The smallest absolute Gasteiger partial charge is 0.197 e. The van der Waals surface area contributed by atoms with Gasteiger partial charge in [0.15, 0.2) is 5.43 Å². The van der Waals surface area contributed by atoms with Crippen LogP contribution in [0.2, 0.25) is 5.02 Å². The fourth-order valence-electron chi connectivity index (χ4n) is 3.74. The van der Waals surface area contributed by atoms with Crippen molar-refractivity contribution in [3.8, 4) is 22.8 Å². The van der Waals surface area contributed by atoms with E-state index in [4.69, 9.17) is 20.1 Å². The zero-order chi connectivity index (χ0) is 22.5. The van der Waals surface area contributed by atoms with E-state index in [1.807, 2.05) is 0 Å². The Bertz CT molecular complexity index is 1210. The number of β-amino-alcohol motifs (C(OH)–C–C–N with tert-alkyl or cyclic N) is 1. The van der Waals surface area contributed by atoms with Crippen LogP contribution in [0.25, 0.3) is 22.3 Å². The average molecular weight is 405 g/mol. The van der Waals surface area contributed by atoms with Crippen LogP contribution in [0, 0.1) is 0 Å².